The monoisotopic (exact) mass is 437 g/mol. The molecule has 0 aliphatic rings. The van der Waals surface area contributed by atoms with Crippen molar-refractivity contribution in [2.45, 2.75) is 13.0 Å². The number of imidazole rings is 1. The minimum atomic E-state index is -1.25. The van der Waals surface area contributed by atoms with Crippen molar-refractivity contribution in [1.29, 1.82) is 0 Å². The molecule has 160 valence electrons. The molecule has 0 spiro atoms. The van der Waals surface area contributed by atoms with Crippen LogP contribution in [0.25, 0.3) is 27.8 Å². The predicted molar refractivity (Wildman–Crippen MR) is 111 cm³/mol. The molecular formula is C21H14F3N7O. The van der Waals surface area contributed by atoms with Crippen LogP contribution in [0.1, 0.15) is 18.8 Å². The van der Waals surface area contributed by atoms with E-state index in [-0.39, 0.29) is 22.4 Å². The highest BCUT2D eigenvalue weighted by Crippen LogP contribution is 2.25. The molecule has 0 aliphatic carbocycles. The van der Waals surface area contributed by atoms with E-state index in [9.17, 15) is 18.0 Å². The molecule has 5 aromatic rings. The van der Waals surface area contributed by atoms with Gasteiger partial charge in [-0.25, -0.2) is 33.1 Å². The van der Waals surface area contributed by atoms with E-state index in [0.717, 1.165) is 16.7 Å². The molecular weight excluding hydrogens is 423 g/mol. The predicted octanol–water partition coefficient (Wildman–Crippen LogP) is 3.64. The lowest BCUT2D eigenvalue weighted by Gasteiger charge is -2.20. The van der Waals surface area contributed by atoms with E-state index in [2.05, 4.69) is 30.2 Å². The standard InChI is InChI=1S/C21H14F3N7O/c1-10(29-19-17-18(26-8-25-17)27-9-28-19)20-30-13-6-2-4-11(22)15(13)21(32)31(20)14-7-3-5-12(23)16(14)24/h2-10H,1H3,(H2,25,26,27,28,29). The van der Waals surface area contributed by atoms with Gasteiger partial charge in [-0.15, -0.1) is 0 Å². The maximum absolute atomic E-state index is 14.7. The van der Waals surface area contributed by atoms with Crippen LogP contribution >= 0.6 is 0 Å². The van der Waals surface area contributed by atoms with E-state index >= 15 is 0 Å². The van der Waals surface area contributed by atoms with E-state index in [0.29, 0.717) is 17.0 Å². The van der Waals surface area contributed by atoms with Crippen LogP contribution in [0.3, 0.4) is 0 Å². The fourth-order valence-electron chi connectivity index (χ4n) is 3.54. The number of nitrogens with one attached hydrogen (secondary N) is 2. The summed E-state index contributed by atoms with van der Waals surface area (Å²) in [5.41, 5.74) is -0.245. The number of anilines is 1. The number of aromatic amines is 1. The van der Waals surface area contributed by atoms with Crippen LogP contribution in [-0.2, 0) is 0 Å². The number of hydrogen-bond donors (Lipinski definition) is 2. The van der Waals surface area contributed by atoms with Crippen molar-refractivity contribution < 1.29 is 13.2 Å². The molecule has 5 rings (SSSR count). The van der Waals surface area contributed by atoms with Gasteiger partial charge in [-0.05, 0) is 31.2 Å². The molecule has 0 fully saturated rings. The van der Waals surface area contributed by atoms with Crippen LogP contribution < -0.4 is 10.9 Å². The molecule has 0 saturated carbocycles. The van der Waals surface area contributed by atoms with Gasteiger partial charge in [-0.1, -0.05) is 12.1 Å². The van der Waals surface area contributed by atoms with Crippen LogP contribution in [0, 0.1) is 17.5 Å². The van der Waals surface area contributed by atoms with Gasteiger partial charge >= 0.3 is 0 Å². The van der Waals surface area contributed by atoms with Gasteiger partial charge in [0.05, 0.1) is 23.6 Å². The van der Waals surface area contributed by atoms with E-state index in [1.165, 1.54) is 36.9 Å². The lowest BCUT2D eigenvalue weighted by molar-refractivity contribution is 0.501. The topological polar surface area (TPSA) is 101 Å². The third-order valence-electron chi connectivity index (χ3n) is 5.00. The largest absolute Gasteiger partial charge is 0.358 e. The molecule has 2 N–H and O–H groups in total. The number of hydrogen-bond acceptors (Lipinski definition) is 6. The Morgan fingerprint density at radius 3 is 2.66 bits per heavy atom. The summed E-state index contributed by atoms with van der Waals surface area (Å²) in [6.45, 7) is 1.65. The van der Waals surface area contributed by atoms with E-state index in [1.54, 1.807) is 6.92 Å². The van der Waals surface area contributed by atoms with E-state index in [1.807, 2.05) is 0 Å². The zero-order valence-corrected chi connectivity index (χ0v) is 16.5. The highest BCUT2D eigenvalue weighted by Gasteiger charge is 2.23. The molecule has 3 heterocycles. The average Bonchev–Trinajstić information content (AvgIpc) is 3.26. The van der Waals surface area contributed by atoms with E-state index in [4.69, 9.17) is 0 Å². The number of nitrogens with zero attached hydrogens (tertiary/aromatic N) is 5. The Hall–Kier alpha value is -4.28. The summed E-state index contributed by atoms with van der Waals surface area (Å²) in [4.78, 5) is 32.9. The average molecular weight is 437 g/mol. The first-order valence-electron chi connectivity index (χ1n) is 9.52. The van der Waals surface area contributed by atoms with Crippen LogP contribution in [-0.4, -0.2) is 29.5 Å². The molecule has 0 saturated heterocycles. The van der Waals surface area contributed by atoms with Crippen molar-refractivity contribution in [3.05, 3.63) is 82.7 Å². The van der Waals surface area contributed by atoms with Crippen LogP contribution in [0.15, 0.2) is 53.8 Å². The van der Waals surface area contributed by atoms with Gasteiger partial charge in [0, 0.05) is 0 Å². The van der Waals surface area contributed by atoms with Gasteiger partial charge in [0.1, 0.15) is 28.9 Å². The van der Waals surface area contributed by atoms with Crippen molar-refractivity contribution in [2.24, 2.45) is 0 Å². The van der Waals surface area contributed by atoms with Crippen molar-refractivity contribution in [3.8, 4) is 5.69 Å². The van der Waals surface area contributed by atoms with Crippen LogP contribution in [0.2, 0.25) is 0 Å². The third-order valence-corrected chi connectivity index (χ3v) is 5.00. The summed E-state index contributed by atoms with van der Waals surface area (Å²) < 4.78 is 44.0. The number of rotatable bonds is 4. The molecule has 0 radical (unpaired) electrons. The first kappa shape index (κ1) is 19.7. The second-order valence-corrected chi connectivity index (χ2v) is 7.01. The SMILES string of the molecule is CC(Nc1ncnc2[nH]cnc12)c1nc2cccc(F)c2c(=O)n1-c1cccc(F)c1F. The zero-order valence-electron chi connectivity index (χ0n) is 16.5. The fraction of sp³-hybridized carbons (Fsp3) is 0.0952. The Bertz CT molecular complexity index is 1550. The molecule has 3 aromatic heterocycles. The van der Waals surface area contributed by atoms with Crippen molar-refractivity contribution in [1.82, 2.24) is 29.5 Å². The van der Waals surface area contributed by atoms with Gasteiger partial charge in [0.15, 0.2) is 23.1 Å². The van der Waals surface area contributed by atoms with Gasteiger partial charge in [0.2, 0.25) is 0 Å². The summed E-state index contributed by atoms with van der Waals surface area (Å²) in [6, 6.07) is 6.65. The highest BCUT2D eigenvalue weighted by atomic mass is 19.2. The second kappa shape index (κ2) is 7.45. The Kier molecular flexibility index (Phi) is 4.58. The molecule has 0 aliphatic heterocycles. The second-order valence-electron chi connectivity index (χ2n) is 7.01. The molecule has 0 bridgehead atoms. The summed E-state index contributed by atoms with van der Waals surface area (Å²) in [7, 11) is 0. The lowest BCUT2D eigenvalue weighted by atomic mass is 10.2. The van der Waals surface area contributed by atoms with Gasteiger partial charge in [-0.2, -0.15) is 0 Å². The van der Waals surface area contributed by atoms with Gasteiger partial charge in [0.25, 0.3) is 5.56 Å². The molecule has 0 amide bonds. The Balaban J connectivity index is 1.75. The third kappa shape index (κ3) is 3.06. The van der Waals surface area contributed by atoms with Crippen molar-refractivity contribution in [3.63, 3.8) is 0 Å². The molecule has 2 aromatic carbocycles. The maximum atomic E-state index is 14.7. The Morgan fingerprint density at radius 1 is 1.03 bits per heavy atom. The smallest absolute Gasteiger partial charge is 0.269 e. The lowest BCUT2D eigenvalue weighted by Crippen LogP contribution is -2.29. The highest BCUT2D eigenvalue weighted by molar-refractivity contribution is 5.82. The molecule has 32 heavy (non-hydrogen) atoms. The van der Waals surface area contributed by atoms with Crippen molar-refractivity contribution >= 4 is 27.9 Å². The van der Waals surface area contributed by atoms with Gasteiger partial charge in [-0.3, -0.25) is 9.36 Å². The zero-order chi connectivity index (χ0) is 22.4. The molecule has 8 nitrogen and oxygen atoms in total. The number of fused-ring (bicyclic) bond motifs is 2. The maximum Gasteiger partial charge on any atom is 0.269 e. The number of benzene rings is 2. The number of H-pyrrole nitrogens is 1. The van der Waals surface area contributed by atoms with Crippen LogP contribution in [0.5, 0.6) is 0 Å². The number of halogens is 3. The number of aromatic nitrogens is 6. The van der Waals surface area contributed by atoms with Gasteiger partial charge < -0.3 is 10.3 Å². The Morgan fingerprint density at radius 2 is 1.81 bits per heavy atom. The summed E-state index contributed by atoms with van der Waals surface area (Å²) in [6.07, 6.45) is 2.77. The normalized spacial score (nSPS) is 12.4. The summed E-state index contributed by atoms with van der Waals surface area (Å²) >= 11 is 0. The molecule has 1 atom stereocenters. The van der Waals surface area contributed by atoms with E-state index < -0.39 is 29.1 Å². The summed E-state index contributed by atoms with van der Waals surface area (Å²) in [5.74, 6) is -2.85. The quantitative estimate of drug-likeness (QED) is 0.445. The summed E-state index contributed by atoms with van der Waals surface area (Å²) in [5, 5.41) is 2.74. The minimum Gasteiger partial charge on any atom is -0.358 e. The van der Waals surface area contributed by atoms with Crippen molar-refractivity contribution in [2.75, 3.05) is 5.32 Å². The molecule has 11 heteroatoms. The van der Waals surface area contributed by atoms with Crippen LogP contribution in [0.4, 0.5) is 19.0 Å². The fourth-order valence-corrected chi connectivity index (χ4v) is 3.54. The molecule has 1 unspecified atom stereocenters. The minimum absolute atomic E-state index is 0.0277. The first-order chi connectivity index (χ1) is 15.5. The first-order valence-corrected chi connectivity index (χ1v) is 9.52. The Labute approximate surface area is 177 Å².